The van der Waals surface area contributed by atoms with Gasteiger partial charge in [-0.2, -0.15) is 0 Å². The van der Waals surface area contributed by atoms with E-state index in [1.54, 1.807) is 6.20 Å². The molecular weight excluding hydrogens is 514 g/mol. The van der Waals surface area contributed by atoms with Gasteiger partial charge in [0.1, 0.15) is 0 Å². The molecule has 1 fully saturated rings. The third-order valence-corrected chi connectivity index (χ3v) is 7.67. The average molecular weight is 544 g/mol. The summed E-state index contributed by atoms with van der Waals surface area (Å²) in [4.78, 5) is 19.6. The molecule has 1 aliphatic rings. The third-order valence-electron chi connectivity index (χ3n) is 7.00. The van der Waals surface area contributed by atoms with E-state index in [2.05, 4.69) is 45.0 Å². The first-order valence-electron chi connectivity index (χ1n) is 12.6. The summed E-state index contributed by atoms with van der Waals surface area (Å²) >= 11 is 12.4. The van der Waals surface area contributed by atoms with Crippen LogP contribution < -0.4 is 10.6 Å². The quantitative estimate of drug-likeness (QED) is 0.262. The summed E-state index contributed by atoms with van der Waals surface area (Å²) in [5, 5.41) is 7.78. The van der Waals surface area contributed by atoms with E-state index >= 15 is 0 Å². The van der Waals surface area contributed by atoms with E-state index in [-0.39, 0.29) is 18.0 Å². The van der Waals surface area contributed by atoms with E-state index in [1.165, 1.54) is 0 Å². The second kappa shape index (κ2) is 11.0. The SMILES string of the molecule is Cc1ccc(NC(=O)CCN2C(=S)N[C@H](c3ccccn3)[C@H]2c2cc(C)n(-c3ccccc3Cl)c2C)cc1. The fourth-order valence-electron chi connectivity index (χ4n) is 5.16. The molecule has 0 radical (unpaired) electrons. The number of hydrogen-bond donors (Lipinski definition) is 2. The summed E-state index contributed by atoms with van der Waals surface area (Å²) in [6.07, 6.45) is 2.09. The Morgan fingerprint density at radius 2 is 1.79 bits per heavy atom. The number of amides is 1. The van der Waals surface area contributed by atoms with Gasteiger partial charge in [0.15, 0.2) is 5.11 Å². The van der Waals surface area contributed by atoms with Crippen molar-refractivity contribution in [2.75, 3.05) is 11.9 Å². The zero-order chi connectivity index (χ0) is 26.8. The maximum Gasteiger partial charge on any atom is 0.226 e. The van der Waals surface area contributed by atoms with Gasteiger partial charge in [-0.3, -0.25) is 9.78 Å². The number of pyridine rings is 1. The molecule has 1 amide bonds. The smallest absolute Gasteiger partial charge is 0.226 e. The Morgan fingerprint density at radius 1 is 1.05 bits per heavy atom. The van der Waals surface area contributed by atoms with Crippen LogP contribution in [-0.4, -0.2) is 32.0 Å². The summed E-state index contributed by atoms with van der Waals surface area (Å²) in [6, 6.07) is 23.4. The molecule has 0 unspecified atom stereocenters. The second-order valence-corrected chi connectivity index (χ2v) is 10.4. The van der Waals surface area contributed by atoms with Crippen LogP contribution in [0.25, 0.3) is 5.69 Å². The molecule has 5 rings (SSSR count). The van der Waals surface area contributed by atoms with Gasteiger partial charge in [-0.25, -0.2) is 0 Å². The molecule has 2 atom stereocenters. The molecule has 0 aliphatic carbocycles. The lowest BCUT2D eigenvalue weighted by atomic mass is 9.96. The van der Waals surface area contributed by atoms with Crippen molar-refractivity contribution in [3.63, 3.8) is 0 Å². The maximum atomic E-state index is 12.9. The molecule has 194 valence electrons. The van der Waals surface area contributed by atoms with Gasteiger partial charge in [-0.05, 0) is 81.0 Å². The number of carbonyl (C=O) groups excluding carboxylic acids is 1. The Kier molecular flexibility index (Phi) is 7.49. The highest BCUT2D eigenvalue weighted by Crippen LogP contribution is 2.41. The van der Waals surface area contributed by atoms with Crippen LogP contribution in [0.15, 0.2) is 79.0 Å². The van der Waals surface area contributed by atoms with Gasteiger partial charge in [0.25, 0.3) is 0 Å². The Hall–Kier alpha value is -3.68. The highest BCUT2D eigenvalue weighted by atomic mass is 35.5. The monoisotopic (exact) mass is 543 g/mol. The fourth-order valence-corrected chi connectivity index (χ4v) is 5.71. The number of aromatic nitrogens is 2. The molecule has 6 nitrogen and oxygen atoms in total. The Balaban J connectivity index is 1.47. The minimum Gasteiger partial charge on any atom is -0.352 e. The van der Waals surface area contributed by atoms with E-state index in [9.17, 15) is 4.79 Å². The number of benzene rings is 2. The first-order valence-corrected chi connectivity index (χ1v) is 13.4. The van der Waals surface area contributed by atoms with Crippen molar-refractivity contribution in [1.82, 2.24) is 19.8 Å². The lowest BCUT2D eigenvalue weighted by Crippen LogP contribution is -2.32. The van der Waals surface area contributed by atoms with Crippen LogP contribution in [0.3, 0.4) is 0 Å². The second-order valence-electron chi connectivity index (χ2n) is 9.60. The summed E-state index contributed by atoms with van der Waals surface area (Å²) < 4.78 is 2.18. The number of halogens is 1. The first-order chi connectivity index (χ1) is 18.3. The third kappa shape index (κ3) is 5.17. The number of nitrogens with zero attached hydrogens (tertiary/aromatic N) is 3. The number of nitrogens with one attached hydrogen (secondary N) is 2. The van der Waals surface area contributed by atoms with Crippen LogP contribution in [0.4, 0.5) is 5.69 Å². The zero-order valence-corrected chi connectivity index (χ0v) is 23.2. The zero-order valence-electron chi connectivity index (χ0n) is 21.6. The predicted octanol–water partition coefficient (Wildman–Crippen LogP) is 6.45. The van der Waals surface area contributed by atoms with Crippen molar-refractivity contribution in [2.45, 2.75) is 39.3 Å². The van der Waals surface area contributed by atoms with E-state index < -0.39 is 0 Å². The Morgan fingerprint density at radius 3 is 2.50 bits per heavy atom. The normalized spacial score (nSPS) is 16.9. The van der Waals surface area contributed by atoms with Gasteiger partial charge in [-0.15, -0.1) is 0 Å². The van der Waals surface area contributed by atoms with Gasteiger partial charge in [-0.1, -0.05) is 47.5 Å². The highest BCUT2D eigenvalue weighted by molar-refractivity contribution is 7.80. The molecular formula is C30H30ClN5OS. The maximum absolute atomic E-state index is 12.9. The van der Waals surface area contributed by atoms with Crippen molar-refractivity contribution >= 4 is 40.5 Å². The van der Waals surface area contributed by atoms with Crippen molar-refractivity contribution < 1.29 is 4.79 Å². The number of thiocarbonyl (C=S) groups is 1. The fraction of sp³-hybridized carbons (Fsp3) is 0.233. The molecule has 0 saturated carbocycles. The Labute approximate surface area is 233 Å². The minimum atomic E-state index is -0.163. The van der Waals surface area contributed by atoms with Crippen molar-refractivity contribution in [2.24, 2.45) is 0 Å². The highest BCUT2D eigenvalue weighted by Gasteiger charge is 2.41. The summed E-state index contributed by atoms with van der Waals surface area (Å²) in [7, 11) is 0. The molecule has 0 spiro atoms. The van der Waals surface area contributed by atoms with Gasteiger partial charge < -0.3 is 20.1 Å². The van der Waals surface area contributed by atoms with E-state index in [4.69, 9.17) is 23.8 Å². The number of rotatable bonds is 7. The molecule has 38 heavy (non-hydrogen) atoms. The van der Waals surface area contributed by atoms with Crippen molar-refractivity contribution in [1.29, 1.82) is 0 Å². The summed E-state index contributed by atoms with van der Waals surface area (Å²) in [5.41, 5.74) is 7.02. The topological polar surface area (TPSA) is 62.2 Å². The molecule has 4 aromatic rings. The van der Waals surface area contributed by atoms with Crippen molar-refractivity contribution in [3.05, 3.63) is 112 Å². The molecule has 2 N–H and O–H groups in total. The average Bonchev–Trinajstić information content (AvgIpc) is 3.39. The number of para-hydroxylation sites is 1. The molecule has 3 heterocycles. The lowest BCUT2D eigenvalue weighted by Gasteiger charge is -2.28. The predicted molar refractivity (Wildman–Crippen MR) is 157 cm³/mol. The van der Waals surface area contributed by atoms with Gasteiger partial charge >= 0.3 is 0 Å². The minimum absolute atomic E-state index is 0.0572. The molecule has 2 aromatic carbocycles. The first kappa shape index (κ1) is 25.9. The summed E-state index contributed by atoms with van der Waals surface area (Å²) in [6.45, 7) is 6.67. The standard InChI is InChI=1S/C30H30ClN5OS/c1-19-11-13-22(14-12-19)33-27(37)15-17-35-29(28(34-30(35)38)25-9-6-7-16-32-25)23-18-20(2)36(21(23)3)26-10-5-4-8-24(26)31/h4-14,16,18,28-29H,15,17H2,1-3H3,(H,33,37)(H,34,38)/t28-,29-/m1/s1. The number of carbonyl (C=O) groups is 1. The number of anilines is 1. The van der Waals surface area contributed by atoms with Crippen LogP contribution in [0.1, 0.15) is 46.7 Å². The van der Waals surface area contributed by atoms with Crippen molar-refractivity contribution in [3.8, 4) is 5.69 Å². The molecule has 1 aliphatic heterocycles. The van der Waals surface area contributed by atoms with Gasteiger partial charge in [0, 0.05) is 36.2 Å². The van der Waals surface area contributed by atoms with Crippen LogP contribution >= 0.6 is 23.8 Å². The lowest BCUT2D eigenvalue weighted by molar-refractivity contribution is -0.116. The van der Waals surface area contributed by atoms with Crippen LogP contribution in [-0.2, 0) is 4.79 Å². The van der Waals surface area contributed by atoms with Crippen LogP contribution in [0.5, 0.6) is 0 Å². The van der Waals surface area contributed by atoms with Gasteiger partial charge in [0.05, 0.1) is 28.5 Å². The molecule has 2 aromatic heterocycles. The van der Waals surface area contributed by atoms with E-state index in [0.29, 0.717) is 23.1 Å². The molecule has 8 heteroatoms. The van der Waals surface area contributed by atoms with E-state index in [0.717, 1.165) is 39.6 Å². The summed E-state index contributed by atoms with van der Waals surface area (Å²) in [5.74, 6) is -0.0572. The largest absolute Gasteiger partial charge is 0.352 e. The molecule has 0 bridgehead atoms. The number of hydrogen-bond acceptors (Lipinski definition) is 3. The van der Waals surface area contributed by atoms with Crippen LogP contribution in [0, 0.1) is 20.8 Å². The number of aryl methyl sites for hydroxylation is 2. The van der Waals surface area contributed by atoms with Crippen LogP contribution in [0.2, 0.25) is 5.02 Å². The Bertz CT molecular complexity index is 1470. The van der Waals surface area contributed by atoms with Gasteiger partial charge in [0.2, 0.25) is 5.91 Å². The molecule has 1 saturated heterocycles. The van der Waals surface area contributed by atoms with E-state index in [1.807, 2.05) is 73.7 Å².